The summed E-state index contributed by atoms with van der Waals surface area (Å²) in [4.78, 5) is 0.279. The highest BCUT2D eigenvalue weighted by molar-refractivity contribution is 7.89. The highest BCUT2D eigenvalue weighted by atomic mass is 35.5. The van der Waals surface area contributed by atoms with Gasteiger partial charge in [-0.05, 0) is 42.3 Å². The maximum Gasteiger partial charge on any atom is 0.243 e. The molecule has 0 saturated carbocycles. The fourth-order valence-corrected chi connectivity index (χ4v) is 4.60. The maximum absolute atomic E-state index is 13.5. The topological polar surface area (TPSA) is 49.4 Å². The predicted molar refractivity (Wildman–Crippen MR) is 94.3 cm³/mol. The molecule has 2 aromatic rings. The minimum absolute atomic E-state index is 0. The number of halogens is 2. The summed E-state index contributed by atoms with van der Waals surface area (Å²) in [6.45, 7) is 3.27. The zero-order valence-electron chi connectivity index (χ0n) is 13.3. The van der Waals surface area contributed by atoms with E-state index in [1.165, 1.54) is 16.4 Å². The summed E-state index contributed by atoms with van der Waals surface area (Å²) in [6.07, 6.45) is 0. The molecule has 1 heterocycles. The molecule has 0 bridgehead atoms. The summed E-state index contributed by atoms with van der Waals surface area (Å²) in [6, 6.07) is 12.6. The molecule has 24 heavy (non-hydrogen) atoms. The number of rotatable bonds is 3. The van der Waals surface area contributed by atoms with Gasteiger partial charge in [0.05, 0.1) is 10.9 Å². The van der Waals surface area contributed by atoms with Crippen molar-refractivity contribution in [3.05, 3.63) is 65.5 Å². The fourth-order valence-electron chi connectivity index (χ4n) is 2.88. The lowest BCUT2D eigenvalue weighted by atomic mass is 10.1. The van der Waals surface area contributed by atoms with Crippen LogP contribution >= 0.6 is 12.4 Å². The lowest BCUT2D eigenvalue weighted by Gasteiger charge is -2.35. The van der Waals surface area contributed by atoms with Crippen LogP contribution in [0.2, 0.25) is 0 Å². The van der Waals surface area contributed by atoms with Crippen molar-refractivity contribution in [2.24, 2.45) is 0 Å². The molecule has 0 radical (unpaired) electrons. The van der Waals surface area contributed by atoms with Crippen molar-refractivity contribution in [2.45, 2.75) is 17.9 Å². The lowest BCUT2D eigenvalue weighted by molar-refractivity contribution is 0.271. The largest absolute Gasteiger partial charge is 0.313 e. The van der Waals surface area contributed by atoms with Crippen LogP contribution in [0.1, 0.15) is 17.2 Å². The second kappa shape index (κ2) is 7.61. The van der Waals surface area contributed by atoms with Gasteiger partial charge in [-0.3, -0.25) is 0 Å². The number of hydrogen-bond acceptors (Lipinski definition) is 3. The molecule has 2 aromatic carbocycles. The molecule has 1 fully saturated rings. The molecule has 3 rings (SSSR count). The van der Waals surface area contributed by atoms with E-state index in [4.69, 9.17) is 0 Å². The first kappa shape index (κ1) is 18.9. The van der Waals surface area contributed by atoms with Crippen LogP contribution in [-0.4, -0.2) is 32.4 Å². The standard InChI is InChI=1S/C17H19FN2O2S.ClH/c1-13-4-2-7-16(10-13)23(21,22)20-9-8-19-12-17(20)14-5-3-6-15(18)11-14;/h2-7,10-11,17,19H,8-9,12H2,1H3;1H. The SMILES string of the molecule is Cc1cccc(S(=O)(=O)N2CCNCC2c2cccc(F)c2)c1.Cl. The van der Waals surface area contributed by atoms with Crippen LogP contribution in [0.4, 0.5) is 4.39 Å². The first-order chi connectivity index (χ1) is 11.0. The van der Waals surface area contributed by atoms with Crippen LogP contribution in [0, 0.1) is 12.7 Å². The molecule has 4 nitrogen and oxygen atoms in total. The van der Waals surface area contributed by atoms with Gasteiger partial charge in [0.1, 0.15) is 5.82 Å². The van der Waals surface area contributed by atoms with Gasteiger partial charge in [-0.25, -0.2) is 12.8 Å². The fraction of sp³-hybridized carbons (Fsp3) is 0.294. The number of aryl methyl sites for hydroxylation is 1. The van der Waals surface area contributed by atoms with Crippen LogP contribution < -0.4 is 5.32 Å². The Balaban J connectivity index is 0.00000208. The highest BCUT2D eigenvalue weighted by Crippen LogP contribution is 2.29. The third-order valence-corrected chi connectivity index (χ3v) is 5.93. The van der Waals surface area contributed by atoms with Crippen molar-refractivity contribution in [3.8, 4) is 0 Å². The van der Waals surface area contributed by atoms with Crippen LogP contribution in [0.15, 0.2) is 53.4 Å². The Labute approximate surface area is 148 Å². The molecule has 0 aliphatic carbocycles. The van der Waals surface area contributed by atoms with Gasteiger partial charge >= 0.3 is 0 Å². The van der Waals surface area contributed by atoms with Gasteiger partial charge in [0.25, 0.3) is 0 Å². The zero-order valence-corrected chi connectivity index (χ0v) is 14.9. The molecule has 0 aromatic heterocycles. The first-order valence-electron chi connectivity index (χ1n) is 7.53. The number of hydrogen-bond donors (Lipinski definition) is 1. The summed E-state index contributed by atoms with van der Waals surface area (Å²) in [5, 5.41) is 3.19. The van der Waals surface area contributed by atoms with Crippen molar-refractivity contribution in [1.82, 2.24) is 9.62 Å². The summed E-state index contributed by atoms with van der Waals surface area (Å²) in [5.41, 5.74) is 1.55. The average Bonchev–Trinajstić information content (AvgIpc) is 2.55. The molecular weight excluding hydrogens is 351 g/mol. The number of sulfonamides is 1. The molecule has 0 spiro atoms. The summed E-state index contributed by atoms with van der Waals surface area (Å²) < 4.78 is 41.0. The number of piperazine rings is 1. The molecule has 1 aliphatic rings. The predicted octanol–water partition coefficient (Wildman–Crippen LogP) is 2.89. The van der Waals surface area contributed by atoms with Crippen molar-refractivity contribution < 1.29 is 12.8 Å². The van der Waals surface area contributed by atoms with E-state index < -0.39 is 16.1 Å². The molecule has 130 valence electrons. The van der Waals surface area contributed by atoms with E-state index in [2.05, 4.69) is 5.32 Å². The van der Waals surface area contributed by atoms with Crippen LogP contribution in [0.25, 0.3) is 0 Å². The number of nitrogens with one attached hydrogen (secondary N) is 1. The highest BCUT2D eigenvalue weighted by Gasteiger charge is 2.34. The smallest absolute Gasteiger partial charge is 0.243 e. The zero-order chi connectivity index (χ0) is 16.4. The second-order valence-electron chi connectivity index (χ2n) is 5.71. The average molecular weight is 371 g/mol. The Bertz CT molecular complexity index is 814. The van der Waals surface area contributed by atoms with Gasteiger partial charge in [-0.1, -0.05) is 24.3 Å². The quantitative estimate of drug-likeness (QED) is 0.903. The molecule has 0 amide bonds. The molecular formula is C17H20ClFN2O2S. The van der Waals surface area contributed by atoms with Crippen molar-refractivity contribution in [1.29, 1.82) is 0 Å². The van der Waals surface area contributed by atoms with Crippen molar-refractivity contribution in [2.75, 3.05) is 19.6 Å². The van der Waals surface area contributed by atoms with E-state index >= 15 is 0 Å². The van der Waals surface area contributed by atoms with Crippen LogP contribution in [0.3, 0.4) is 0 Å². The molecule has 1 N–H and O–H groups in total. The third-order valence-electron chi connectivity index (χ3n) is 4.02. The Morgan fingerprint density at radius 3 is 2.62 bits per heavy atom. The summed E-state index contributed by atoms with van der Waals surface area (Å²) >= 11 is 0. The third kappa shape index (κ3) is 3.78. The number of nitrogens with zero attached hydrogens (tertiary/aromatic N) is 1. The molecule has 1 saturated heterocycles. The second-order valence-corrected chi connectivity index (χ2v) is 7.60. The van der Waals surface area contributed by atoms with Gasteiger partial charge in [-0.2, -0.15) is 4.31 Å². The molecule has 1 atom stereocenters. The minimum atomic E-state index is -3.62. The van der Waals surface area contributed by atoms with E-state index in [1.807, 2.05) is 13.0 Å². The Morgan fingerprint density at radius 1 is 1.17 bits per heavy atom. The Kier molecular flexibility index (Phi) is 5.98. The lowest BCUT2D eigenvalue weighted by Crippen LogP contribution is -2.48. The molecule has 1 aliphatic heterocycles. The van der Waals surface area contributed by atoms with Gasteiger partial charge in [0.15, 0.2) is 0 Å². The van der Waals surface area contributed by atoms with E-state index in [9.17, 15) is 12.8 Å². The first-order valence-corrected chi connectivity index (χ1v) is 8.97. The maximum atomic E-state index is 13.5. The Morgan fingerprint density at radius 2 is 1.92 bits per heavy atom. The summed E-state index contributed by atoms with van der Waals surface area (Å²) in [7, 11) is -3.62. The van der Waals surface area contributed by atoms with Gasteiger partial charge in [0.2, 0.25) is 10.0 Å². The van der Waals surface area contributed by atoms with Gasteiger partial charge in [-0.15, -0.1) is 12.4 Å². The monoisotopic (exact) mass is 370 g/mol. The number of benzene rings is 2. The van der Waals surface area contributed by atoms with Gasteiger partial charge < -0.3 is 5.32 Å². The van der Waals surface area contributed by atoms with E-state index in [0.29, 0.717) is 25.2 Å². The van der Waals surface area contributed by atoms with Crippen LogP contribution in [-0.2, 0) is 10.0 Å². The van der Waals surface area contributed by atoms with Crippen molar-refractivity contribution >= 4 is 22.4 Å². The summed E-state index contributed by atoms with van der Waals surface area (Å²) in [5.74, 6) is -0.360. The van der Waals surface area contributed by atoms with Gasteiger partial charge in [0, 0.05) is 19.6 Å². The molecule has 1 unspecified atom stereocenters. The van der Waals surface area contributed by atoms with Crippen LogP contribution in [0.5, 0.6) is 0 Å². The molecule has 7 heteroatoms. The van der Waals surface area contributed by atoms with Crippen molar-refractivity contribution in [3.63, 3.8) is 0 Å². The Hall–Kier alpha value is -1.47. The minimum Gasteiger partial charge on any atom is -0.313 e. The van der Waals surface area contributed by atoms with E-state index in [1.54, 1.807) is 30.3 Å². The normalized spacial score (nSPS) is 18.8. The van der Waals surface area contributed by atoms with E-state index in [0.717, 1.165) is 5.56 Å². The van der Waals surface area contributed by atoms with E-state index in [-0.39, 0.29) is 23.1 Å².